The fourth-order valence-electron chi connectivity index (χ4n) is 2.78. The van der Waals surface area contributed by atoms with Crippen molar-refractivity contribution >= 4 is 11.5 Å². The molecule has 0 bridgehead atoms. The first-order chi connectivity index (χ1) is 8.72. The molecule has 0 amide bonds. The molecular formula is C14H22N4. The zero-order valence-electron chi connectivity index (χ0n) is 11.0. The van der Waals surface area contributed by atoms with Gasteiger partial charge in [-0.05, 0) is 50.3 Å². The summed E-state index contributed by atoms with van der Waals surface area (Å²) in [6, 6.07) is 2.87. The number of nitrogens with zero attached hydrogens (tertiary/aromatic N) is 2. The summed E-state index contributed by atoms with van der Waals surface area (Å²) in [5, 5.41) is 3.40. The van der Waals surface area contributed by atoms with Crippen molar-refractivity contribution in [3.05, 3.63) is 17.8 Å². The summed E-state index contributed by atoms with van der Waals surface area (Å²) in [6.45, 7) is 5.51. The van der Waals surface area contributed by atoms with Gasteiger partial charge in [-0.3, -0.25) is 0 Å². The monoisotopic (exact) mass is 246 g/mol. The number of pyridine rings is 1. The first-order valence-corrected chi connectivity index (χ1v) is 6.92. The first-order valence-electron chi connectivity index (χ1n) is 6.92. The molecule has 1 aromatic heterocycles. The Morgan fingerprint density at radius 1 is 1.44 bits per heavy atom. The Labute approximate surface area is 109 Å². The van der Waals surface area contributed by atoms with Gasteiger partial charge < -0.3 is 16.0 Å². The van der Waals surface area contributed by atoms with Crippen LogP contribution in [0.4, 0.5) is 11.5 Å². The summed E-state index contributed by atoms with van der Waals surface area (Å²) in [5.41, 5.74) is 7.82. The van der Waals surface area contributed by atoms with E-state index in [1.165, 1.54) is 32.4 Å². The van der Waals surface area contributed by atoms with Crippen molar-refractivity contribution in [3.8, 4) is 0 Å². The van der Waals surface area contributed by atoms with Crippen LogP contribution in [-0.2, 0) is 0 Å². The fraction of sp³-hybridized carbons (Fsp3) is 0.643. The van der Waals surface area contributed by atoms with Crippen LogP contribution < -0.4 is 11.1 Å². The van der Waals surface area contributed by atoms with Crippen LogP contribution in [0.15, 0.2) is 12.3 Å². The Morgan fingerprint density at radius 2 is 2.28 bits per heavy atom. The van der Waals surface area contributed by atoms with Gasteiger partial charge in [-0.1, -0.05) is 0 Å². The number of nitrogens with one attached hydrogen (secondary N) is 1. The lowest BCUT2D eigenvalue weighted by Crippen LogP contribution is -2.25. The Morgan fingerprint density at radius 3 is 3.00 bits per heavy atom. The normalized spacial score (nSPS) is 24.4. The Balaban J connectivity index is 1.51. The van der Waals surface area contributed by atoms with Crippen LogP contribution >= 0.6 is 0 Å². The molecule has 1 atom stereocenters. The van der Waals surface area contributed by atoms with E-state index in [1.54, 1.807) is 0 Å². The predicted octanol–water partition coefficient (Wildman–Crippen LogP) is 1.87. The van der Waals surface area contributed by atoms with Crippen LogP contribution in [0.3, 0.4) is 0 Å². The highest BCUT2D eigenvalue weighted by Gasteiger charge is 2.34. The van der Waals surface area contributed by atoms with Crippen molar-refractivity contribution in [2.75, 3.05) is 30.7 Å². The highest BCUT2D eigenvalue weighted by molar-refractivity contribution is 5.61. The quantitative estimate of drug-likeness (QED) is 0.851. The van der Waals surface area contributed by atoms with Gasteiger partial charge in [-0.2, -0.15) is 0 Å². The van der Waals surface area contributed by atoms with Crippen LogP contribution in [0, 0.1) is 12.8 Å². The van der Waals surface area contributed by atoms with Crippen molar-refractivity contribution in [2.24, 2.45) is 5.92 Å². The molecule has 4 nitrogen and oxygen atoms in total. The van der Waals surface area contributed by atoms with Crippen molar-refractivity contribution < 1.29 is 0 Å². The molecular weight excluding hydrogens is 224 g/mol. The van der Waals surface area contributed by atoms with E-state index in [9.17, 15) is 0 Å². The zero-order valence-corrected chi connectivity index (χ0v) is 11.0. The van der Waals surface area contributed by atoms with E-state index in [0.717, 1.165) is 35.6 Å². The summed E-state index contributed by atoms with van der Waals surface area (Å²) >= 11 is 0. The second-order valence-corrected chi connectivity index (χ2v) is 5.71. The lowest BCUT2D eigenvalue weighted by molar-refractivity contribution is 0.316. The van der Waals surface area contributed by atoms with Crippen molar-refractivity contribution in [2.45, 2.75) is 32.2 Å². The number of anilines is 2. The largest absolute Gasteiger partial charge is 0.396 e. The van der Waals surface area contributed by atoms with Gasteiger partial charge in [0, 0.05) is 25.3 Å². The minimum atomic E-state index is 0.744. The molecule has 18 heavy (non-hydrogen) atoms. The molecule has 2 heterocycles. The number of nitrogens with two attached hydrogens (primary N) is 1. The topological polar surface area (TPSA) is 54.2 Å². The SMILES string of the molecule is Cc1cnc(NCC2CCN(C3CC3)C2)c(N)c1. The number of likely N-dealkylation sites (tertiary alicyclic amines) is 1. The number of nitrogen functional groups attached to an aromatic ring is 1. The van der Waals surface area contributed by atoms with Crippen molar-refractivity contribution in [3.63, 3.8) is 0 Å². The van der Waals surface area contributed by atoms with Gasteiger partial charge in [0.15, 0.2) is 0 Å². The van der Waals surface area contributed by atoms with Crippen LogP contribution in [0.2, 0.25) is 0 Å². The maximum atomic E-state index is 5.96. The second kappa shape index (κ2) is 4.76. The first kappa shape index (κ1) is 11.8. The summed E-state index contributed by atoms with van der Waals surface area (Å²) in [7, 11) is 0. The Hall–Kier alpha value is -1.29. The smallest absolute Gasteiger partial charge is 0.149 e. The predicted molar refractivity (Wildman–Crippen MR) is 74.6 cm³/mol. The molecule has 1 saturated heterocycles. The number of hydrogen-bond acceptors (Lipinski definition) is 4. The highest BCUT2D eigenvalue weighted by Crippen LogP contribution is 2.31. The van der Waals surface area contributed by atoms with E-state index in [-0.39, 0.29) is 0 Å². The third-order valence-electron chi connectivity index (χ3n) is 3.99. The lowest BCUT2D eigenvalue weighted by atomic mass is 10.1. The zero-order chi connectivity index (χ0) is 12.5. The summed E-state index contributed by atoms with van der Waals surface area (Å²) < 4.78 is 0. The van der Waals surface area contributed by atoms with Gasteiger partial charge in [0.1, 0.15) is 5.82 Å². The van der Waals surface area contributed by atoms with E-state index in [2.05, 4.69) is 15.2 Å². The molecule has 0 radical (unpaired) electrons. The summed E-state index contributed by atoms with van der Waals surface area (Å²) in [4.78, 5) is 6.99. The molecule has 0 spiro atoms. The second-order valence-electron chi connectivity index (χ2n) is 5.71. The van der Waals surface area contributed by atoms with Gasteiger partial charge >= 0.3 is 0 Å². The molecule has 1 aliphatic heterocycles. The lowest BCUT2D eigenvalue weighted by Gasteiger charge is -2.16. The van der Waals surface area contributed by atoms with Gasteiger partial charge in [0.25, 0.3) is 0 Å². The molecule has 2 fully saturated rings. The van der Waals surface area contributed by atoms with E-state index in [4.69, 9.17) is 5.73 Å². The molecule has 1 aliphatic carbocycles. The minimum absolute atomic E-state index is 0.744. The van der Waals surface area contributed by atoms with Gasteiger partial charge in [-0.25, -0.2) is 4.98 Å². The molecule has 98 valence electrons. The Kier molecular flexibility index (Phi) is 3.12. The van der Waals surface area contributed by atoms with Crippen LogP contribution in [0.5, 0.6) is 0 Å². The van der Waals surface area contributed by atoms with E-state index in [1.807, 2.05) is 19.2 Å². The average molecular weight is 246 g/mol. The Bertz CT molecular complexity index is 428. The molecule has 3 rings (SSSR count). The van der Waals surface area contributed by atoms with Gasteiger partial charge in [-0.15, -0.1) is 0 Å². The summed E-state index contributed by atoms with van der Waals surface area (Å²) in [5.74, 6) is 1.58. The highest BCUT2D eigenvalue weighted by atomic mass is 15.2. The standard InChI is InChI=1S/C14H22N4/c1-10-6-13(15)14(16-7-10)17-8-11-4-5-18(9-11)12-2-3-12/h6-7,11-12H,2-5,8-9,15H2,1H3,(H,16,17). The molecule has 4 heteroatoms. The summed E-state index contributed by atoms with van der Waals surface area (Å²) in [6.07, 6.45) is 5.98. The van der Waals surface area contributed by atoms with Crippen LogP contribution in [-0.4, -0.2) is 35.6 Å². The fourth-order valence-corrected chi connectivity index (χ4v) is 2.78. The van der Waals surface area contributed by atoms with Crippen molar-refractivity contribution in [1.29, 1.82) is 0 Å². The molecule has 3 N–H and O–H groups in total. The molecule has 1 unspecified atom stereocenters. The third kappa shape index (κ3) is 2.58. The van der Waals surface area contributed by atoms with Gasteiger partial charge in [0.05, 0.1) is 5.69 Å². The maximum Gasteiger partial charge on any atom is 0.149 e. The number of hydrogen-bond donors (Lipinski definition) is 2. The number of rotatable bonds is 4. The number of aromatic nitrogens is 1. The third-order valence-corrected chi connectivity index (χ3v) is 3.99. The average Bonchev–Trinajstić information content (AvgIpc) is 3.08. The minimum Gasteiger partial charge on any atom is -0.396 e. The van der Waals surface area contributed by atoms with E-state index >= 15 is 0 Å². The maximum absolute atomic E-state index is 5.96. The molecule has 1 aromatic rings. The van der Waals surface area contributed by atoms with Crippen molar-refractivity contribution in [1.82, 2.24) is 9.88 Å². The number of aryl methyl sites for hydroxylation is 1. The van der Waals surface area contributed by atoms with E-state index in [0.29, 0.717) is 0 Å². The molecule has 0 aromatic carbocycles. The molecule has 1 saturated carbocycles. The van der Waals surface area contributed by atoms with Gasteiger partial charge in [0.2, 0.25) is 0 Å². The van der Waals surface area contributed by atoms with E-state index < -0.39 is 0 Å². The van der Waals surface area contributed by atoms with Crippen LogP contribution in [0.1, 0.15) is 24.8 Å². The van der Waals surface area contributed by atoms with Crippen LogP contribution in [0.25, 0.3) is 0 Å². The molecule has 2 aliphatic rings.